The van der Waals surface area contributed by atoms with E-state index in [-0.39, 0.29) is 0 Å². The molecule has 23 heavy (non-hydrogen) atoms. The molecule has 0 unspecified atom stereocenters. The zero-order valence-electron chi connectivity index (χ0n) is 17.1. The molecule has 0 aliphatic carbocycles. The van der Waals surface area contributed by atoms with Gasteiger partial charge in [0.15, 0.2) is 0 Å². The van der Waals surface area contributed by atoms with Crippen molar-refractivity contribution in [1.29, 1.82) is 0 Å². The Bertz CT molecular complexity index is 1150. The predicted molar refractivity (Wildman–Crippen MR) is 101 cm³/mol. The third kappa shape index (κ3) is 2.43. The molecule has 0 radical (unpaired) electrons. The molecule has 0 amide bonds. The molecule has 0 saturated heterocycles. The molecule has 4 rings (SSSR count). The maximum absolute atomic E-state index is 8.29. The van der Waals surface area contributed by atoms with Crippen molar-refractivity contribution in [3.8, 4) is 11.3 Å². The van der Waals surface area contributed by atoms with Gasteiger partial charge in [0.25, 0.3) is 0 Å². The normalized spacial score (nSPS) is 15.2. The van der Waals surface area contributed by atoms with Crippen LogP contribution in [0.5, 0.6) is 0 Å². The van der Waals surface area contributed by atoms with E-state index in [1.54, 1.807) is 29.7 Å². The molecule has 0 saturated carbocycles. The first-order valence-corrected chi connectivity index (χ1v) is 8.39. The maximum atomic E-state index is 8.29. The summed E-state index contributed by atoms with van der Waals surface area (Å²) < 4.78 is 33.3. The average Bonchev–Trinajstić information content (AvgIpc) is 2.98. The smallest absolute Gasteiger partial charge is 0.0719 e. The second-order valence-corrected chi connectivity index (χ2v) is 6.98. The molecule has 0 bridgehead atoms. The van der Waals surface area contributed by atoms with E-state index in [2.05, 4.69) is 11.1 Å². The minimum atomic E-state index is -2.11. The van der Waals surface area contributed by atoms with Crippen molar-refractivity contribution < 1.29 is 5.48 Å². The van der Waals surface area contributed by atoms with Gasteiger partial charge in [-0.2, -0.15) is 0 Å². The van der Waals surface area contributed by atoms with E-state index in [4.69, 9.17) is 5.48 Å². The van der Waals surface area contributed by atoms with Gasteiger partial charge in [0.05, 0.1) is 5.69 Å². The van der Waals surface area contributed by atoms with Crippen molar-refractivity contribution in [2.75, 3.05) is 0 Å². The van der Waals surface area contributed by atoms with Gasteiger partial charge in [-0.1, -0.05) is 44.2 Å². The zero-order valence-corrected chi connectivity index (χ0v) is 13.9. The van der Waals surface area contributed by atoms with Crippen LogP contribution in [-0.2, 0) is 0 Å². The number of thiophene rings is 1. The number of benzene rings is 2. The highest BCUT2D eigenvalue weighted by Gasteiger charge is 2.12. The quantitative estimate of drug-likeness (QED) is 0.408. The first-order valence-electron chi connectivity index (χ1n) is 9.57. The Balaban J connectivity index is 1.95. The summed E-state index contributed by atoms with van der Waals surface area (Å²) in [4.78, 5) is 4.53. The van der Waals surface area contributed by atoms with E-state index in [0.29, 0.717) is 5.56 Å². The standard InChI is InChI=1S/C21H19NS/c1-13(2)15-9-10-22-19(12-15)18-6-4-5-17-16-8-7-14(3)11-20(16)23-21(17)18/h4-13H,1-3H3/i3D3,13D. The number of pyridine rings is 1. The predicted octanol–water partition coefficient (Wildman–Crippen LogP) is 6.55. The third-order valence-electron chi connectivity index (χ3n) is 4.11. The molecule has 114 valence electrons. The Kier molecular flexibility index (Phi) is 2.51. The summed E-state index contributed by atoms with van der Waals surface area (Å²) >= 11 is 1.59. The van der Waals surface area contributed by atoms with Crippen LogP contribution in [0, 0.1) is 6.85 Å². The maximum Gasteiger partial charge on any atom is 0.0719 e. The van der Waals surface area contributed by atoms with Crippen LogP contribution >= 0.6 is 11.3 Å². The van der Waals surface area contributed by atoms with E-state index in [1.807, 2.05) is 44.2 Å². The fourth-order valence-corrected chi connectivity index (χ4v) is 4.15. The number of aromatic nitrogens is 1. The summed E-state index contributed by atoms with van der Waals surface area (Å²) in [5.74, 6) is -0.694. The van der Waals surface area contributed by atoms with Gasteiger partial charge in [-0.25, -0.2) is 0 Å². The number of hydrogen-bond acceptors (Lipinski definition) is 2. The molecule has 1 nitrogen and oxygen atoms in total. The summed E-state index contributed by atoms with van der Waals surface area (Å²) in [6.07, 6.45) is 1.75. The van der Waals surface area contributed by atoms with Crippen molar-refractivity contribution in [3.05, 3.63) is 65.9 Å². The second kappa shape index (κ2) is 5.47. The minimum Gasteiger partial charge on any atom is -0.256 e. The highest BCUT2D eigenvalue weighted by atomic mass is 32.1. The van der Waals surface area contributed by atoms with E-state index in [9.17, 15) is 0 Å². The topological polar surface area (TPSA) is 12.9 Å². The Morgan fingerprint density at radius 1 is 1.09 bits per heavy atom. The highest BCUT2D eigenvalue weighted by Crippen LogP contribution is 2.39. The lowest BCUT2D eigenvalue weighted by molar-refractivity contribution is 0.864. The van der Waals surface area contributed by atoms with E-state index >= 15 is 0 Å². The fourth-order valence-electron chi connectivity index (χ4n) is 2.89. The Morgan fingerprint density at radius 2 is 2.00 bits per heavy atom. The third-order valence-corrected chi connectivity index (χ3v) is 5.31. The van der Waals surface area contributed by atoms with E-state index in [1.165, 1.54) is 0 Å². The van der Waals surface area contributed by atoms with Crippen molar-refractivity contribution in [3.63, 3.8) is 0 Å². The SMILES string of the molecule is [2H]C([2H])([2H])c1ccc2c(c1)sc1c(-c3cc(C([2H])(C)C)ccn3)cccc12. The first-order chi connectivity index (χ1) is 12.6. The minimum absolute atomic E-state index is 0.360. The van der Waals surface area contributed by atoms with Crippen LogP contribution in [-0.4, -0.2) is 4.98 Å². The molecule has 2 aromatic carbocycles. The monoisotopic (exact) mass is 321 g/mol. The summed E-state index contributed by atoms with van der Waals surface area (Å²) in [5.41, 5.74) is 3.12. The largest absolute Gasteiger partial charge is 0.256 e. The molecule has 0 fully saturated rings. The number of nitrogens with zero attached hydrogens (tertiary/aromatic N) is 1. The molecule has 0 aliphatic rings. The lowest BCUT2D eigenvalue weighted by Gasteiger charge is -2.08. The van der Waals surface area contributed by atoms with E-state index in [0.717, 1.165) is 37.0 Å². The first kappa shape index (κ1) is 10.6. The van der Waals surface area contributed by atoms with Crippen molar-refractivity contribution in [2.45, 2.75) is 26.6 Å². The van der Waals surface area contributed by atoms with Crippen LogP contribution in [0.3, 0.4) is 0 Å². The number of aryl methyl sites for hydroxylation is 1. The summed E-state index contributed by atoms with van der Waals surface area (Å²) in [5, 5.41) is 2.16. The van der Waals surface area contributed by atoms with Gasteiger partial charge in [-0.05, 0) is 42.1 Å². The number of fused-ring (bicyclic) bond motifs is 3. The molecular weight excluding hydrogens is 298 g/mol. The number of rotatable bonds is 2. The number of hydrogen-bond donors (Lipinski definition) is 0. The summed E-state index contributed by atoms with van der Waals surface area (Å²) in [7, 11) is 0. The van der Waals surface area contributed by atoms with Crippen molar-refractivity contribution >= 4 is 31.5 Å². The fraction of sp³-hybridized carbons (Fsp3) is 0.190. The zero-order chi connectivity index (χ0) is 19.4. The summed E-state index contributed by atoms with van der Waals surface area (Å²) in [6, 6.07) is 15.3. The van der Waals surface area contributed by atoms with E-state index < -0.39 is 12.7 Å². The Morgan fingerprint density at radius 3 is 2.83 bits per heavy atom. The van der Waals surface area contributed by atoms with Crippen molar-refractivity contribution in [2.24, 2.45) is 0 Å². The molecule has 0 spiro atoms. The lowest BCUT2D eigenvalue weighted by atomic mass is 10.0. The Hall–Kier alpha value is -2.19. The van der Waals surface area contributed by atoms with Gasteiger partial charge < -0.3 is 0 Å². The molecule has 0 N–H and O–H groups in total. The van der Waals surface area contributed by atoms with Crippen LogP contribution in [0.2, 0.25) is 0 Å². The molecule has 0 aliphatic heterocycles. The molecule has 2 aromatic heterocycles. The molecule has 2 heterocycles. The van der Waals surface area contributed by atoms with Gasteiger partial charge in [0, 0.05) is 37.4 Å². The molecule has 4 aromatic rings. The van der Waals surface area contributed by atoms with Gasteiger partial charge in [0.2, 0.25) is 0 Å². The van der Waals surface area contributed by atoms with Crippen LogP contribution in [0.25, 0.3) is 31.4 Å². The van der Waals surface area contributed by atoms with Gasteiger partial charge in [-0.15, -0.1) is 11.3 Å². The second-order valence-electron chi connectivity index (χ2n) is 5.93. The van der Waals surface area contributed by atoms with Crippen LogP contribution in [0.1, 0.15) is 36.4 Å². The Labute approximate surface area is 146 Å². The van der Waals surface area contributed by atoms with Crippen LogP contribution in [0.4, 0.5) is 0 Å². The molecule has 2 heteroatoms. The highest BCUT2D eigenvalue weighted by molar-refractivity contribution is 7.26. The van der Waals surface area contributed by atoms with Gasteiger partial charge in [-0.3, -0.25) is 4.98 Å². The van der Waals surface area contributed by atoms with Gasteiger partial charge >= 0.3 is 0 Å². The van der Waals surface area contributed by atoms with Crippen LogP contribution in [0.15, 0.2) is 54.7 Å². The van der Waals surface area contributed by atoms with Crippen molar-refractivity contribution in [1.82, 2.24) is 4.98 Å². The molecule has 0 atom stereocenters. The molecular formula is C21H19NS. The summed E-state index contributed by atoms with van der Waals surface area (Å²) in [6.45, 7) is 1.62. The average molecular weight is 321 g/mol. The van der Waals surface area contributed by atoms with Crippen LogP contribution < -0.4 is 0 Å². The lowest BCUT2D eigenvalue weighted by Crippen LogP contribution is -1.90. The van der Waals surface area contributed by atoms with Gasteiger partial charge in [0.1, 0.15) is 0 Å².